The molecule has 2 heterocycles. The molecule has 3 fully saturated rings. The number of benzene rings is 1. The summed E-state index contributed by atoms with van der Waals surface area (Å²) in [6.07, 6.45) is 5.95. The van der Waals surface area contributed by atoms with Gasteiger partial charge in [-0.1, -0.05) is 5.92 Å². The highest BCUT2D eigenvalue weighted by molar-refractivity contribution is 14.1. The van der Waals surface area contributed by atoms with E-state index in [1.807, 2.05) is 26.1 Å². The number of carboxylic acid groups (broad SMARTS) is 1. The van der Waals surface area contributed by atoms with E-state index in [4.69, 9.17) is 9.72 Å². The van der Waals surface area contributed by atoms with Crippen molar-refractivity contribution in [1.29, 1.82) is 0 Å². The summed E-state index contributed by atoms with van der Waals surface area (Å²) >= 11 is 2.35. The smallest absolute Gasteiger partial charge is 0.308 e. The number of hydrogen-bond acceptors (Lipinski definition) is 5. The first-order valence-corrected chi connectivity index (χ1v) is 14.6. The molecule has 39 heavy (non-hydrogen) atoms. The van der Waals surface area contributed by atoms with Gasteiger partial charge in [0.1, 0.15) is 11.9 Å². The standard InChI is InChI=1S/C30H31IN4O4/c1-4-5-26(36)35(24-14-17(2)22(31)15-20(24)18-6-7-18)25-11-10-23-27(32-25)28(33-34(23)3)39-19-8-9-21(29(37)38)30(16-19)12-13-30/h10-11,14-15,18-19,21H,6-9,12-13,16H2,1-3H3,(H,37,38)/t19-,21+/m1/s1. The van der Waals surface area contributed by atoms with Crippen LogP contribution in [0.3, 0.4) is 0 Å². The Morgan fingerprint density at radius 3 is 2.64 bits per heavy atom. The predicted molar refractivity (Wildman–Crippen MR) is 156 cm³/mol. The molecular weight excluding hydrogens is 607 g/mol. The molecule has 0 radical (unpaired) electrons. The fourth-order valence-electron chi connectivity index (χ4n) is 6.11. The van der Waals surface area contributed by atoms with E-state index in [9.17, 15) is 14.7 Å². The number of carboxylic acids is 1. The van der Waals surface area contributed by atoms with E-state index in [-0.39, 0.29) is 23.3 Å². The van der Waals surface area contributed by atoms with Gasteiger partial charge in [-0.2, -0.15) is 0 Å². The van der Waals surface area contributed by atoms with Crippen LogP contribution < -0.4 is 9.64 Å². The summed E-state index contributed by atoms with van der Waals surface area (Å²) < 4.78 is 9.34. The van der Waals surface area contributed by atoms with Crippen molar-refractivity contribution in [3.63, 3.8) is 0 Å². The third kappa shape index (κ3) is 4.77. The fraction of sp³-hybridized carbons (Fsp3) is 0.467. The second-order valence-electron chi connectivity index (χ2n) is 11.2. The Kier molecular flexibility index (Phi) is 6.57. The number of aryl methyl sites for hydroxylation is 2. The van der Waals surface area contributed by atoms with Crippen LogP contribution in [0.5, 0.6) is 5.88 Å². The lowest BCUT2D eigenvalue weighted by atomic mass is 9.75. The second-order valence-corrected chi connectivity index (χ2v) is 12.4. The van der Waals surface area contributed by atoms with E-state index in [1.54, 1.807) is 16.5 Å². The molecule has 202 valence electrons. The normalized spacial score (nSPS) is 21.3. The van der Waals surface area contributed by atoms with Gasteiger partial charge >= 0.3 is 11.9 Å². The van der Waals surface area contributed by atoms with Crippen LogP contribution in [0, 0.1) is 33.7 Å². The maximum absolute atomic E-state index is 13.5. The molecule has 0 bridgehead atoms. The number of hydrogen-bond donors (Lipinski definition) is 1. The molecule has 2 aromatic heterocycles. The van der Waals surface area contributed by atoms with E-state index >= 15 is 0 Å². The lowest BCUT2D eigenvalue weighted by Gasteiger charge is -2.33. The Balaban J connectivity index is 1.39. The molecule has 0 aliphatic heterocycles. The molecule has 8 nitrogen and oxygen atoms in total. The van der Waals surface area contributed by atoms with Crippen molar-refractivity contribution in [1.82, 2.24) is 14.8 Å². The number of nitrogens with zero attached hydrogens (tertiary/aromatic N) is 4. The van der Waals surface area contributed by atoms with Gasteiger partial charge < -0.3 is 9.84 Å². The number of ether oxygens (including phenoxy) is 1. The Bertz CT molecular complexity index is 1560. The van der Waals surface area contributed by atoms with Crippen molar-refractivity contribution in [3.05, 3.63) is 39.0 Å². The molecule has 3 saturated carbocycles. The Labute approximate surface area is 241 Å². The van der Waals surface area contributed by atoms with Crippen molar-refractivity contribution in [2.75, 3.05) is 4.90 Å². The monoisotopic (exact) mass is 638 g/mol. The van der Waals surface area contributed by atoms with Crippen molar-refractivity contribution < 1.29 is 19.4 Å². The van der Waals surface area contributed by atoms with Crippen molar-refractivity contribution in [2.24, 2.45) is 18.4 Å². The topological polar surface area (TPSA) is 97.6 Å². The van der Waals surface area contributed by atoms with Crippen LogP contribution in [-0.4, -0.2) is 37.9 Å². The first-order valence-electron chi connectivity index (χ1n) is 13.5. The fourth-order valence-corrected chi connectivity index (χ4v) is 6.60. The van der Waals surface area contributed by atoms with E-state index in [2.05, 4.69) is 51.7 Å². The van der Waals surface area contributed by atoms with Crippen LogP contribution in [0.25, 0.3) is 11.0 Å². The van der Waals surface area contributed by atoms with Crippen molar-refractivity contribution in [2.45, 2.75) is 70.8 Å². The van der Waals surface area contributed by atoms with Crippen LogP contribution in [0.15, 0.2) is 24.3 Å². The highest BCUT2D eigenvalue weighted by Gasteiger charge is 2.56. The van der Waals surface area contributed by atoms with E-state index in [1.165, 1.54) is 3.57 Å². The number of carbonyl (C=O) groups excluding carboxylic acids is 1. The molecule has 0 saturated heterocycles. The Morgan fingerprint density at radius 1 is 1.21 bits per heavy atom. The number of amides is 1. The van der Waals surface area contributed by atoms with E-state index in [0.717, 1.165) is 48.0 Å². The zero-order valence-corrected chi connectivity index (χ0v) is 24.5. The molecule has 1 N–H and O–H groups in total. The number of aliphatic carboxylic acids is 1. The first kappa shape index (κ1) is 26.1. The molecule has 2 atom stereocenters. The lowest BCUT2D eigenvalue weighted by molar-refractivity contribution is -0.146. The predicted octanol–water partition coefficient (Wildman–Crippen LogP) is 5.86. The van der Waals surface area contributed by atoms with Crippen LogP contribution in [0.1, 0.15) is 68.9 Å². The molecule has 3 aliphatic carbocycles. The van der Waals surface area contributed by atoms with E-state index < -0.39 is 5.97 Å². The largest absolute Gasteiger partial charge is 0.481 e. The van der Waals surface area contributed by atoms with Crippen molar-refractivity contribution in [3.8, 4) is 17.7 Å². The molecule has 3 aromatic rings. The summed E-state index contributed by atoms with van der Waals surface area (Å²) in [5, 5.41) is 14.3. The number of anilines is 2. The van der Waals surface area contributed by atoms with Crippen molar-refractivity contribution >= 4 is 57.0 Å². The number of halogens is 1. The quantitative estimate of drug-likeness (QED) is 0.269. The van der Waals surface area contributed by atoms with Gasteiger partial charge in [0.2, 0.25) is 0 Å². The Morgan fingerprint density at radius 2 is 1.97 bits per heavy atom. The van der Waals surface area contributed by atoms with Gasteiger partial charge in [-0.25, -0.2) is 4.98 Å². The van der Waals surface area contributed by atoms with Gasteiger partial charge in [0, 0.05) is 10.6 Å². The average molecular weight is 639 g/mol. The average Bonchev–Trinajstić information content (AvgIpc) is 3.83. The minimum absolute atomic E-state index is 0.115. The molecule has 0 unspecified atom stereocenters. The lowest BCUT2D eigenvalue weighted by Crippen LogP contribution is -2.36. The minimum atomic E-state index is -0.697. The molecule has 1 aromatic carbocycles. The zero-order chi connectivity index (χ0) is 27.5. The Hall–Kier alpha value is -3.13. The molecule has 1 spiro atoms. The van der Waals surface area contributed by atoms with Gasteiger partial charge in [0.25, 0.3) is 5.88 Å². The maximum atomic E-state index is 13.5. The van der Waals surface area contributed by atoms with Crippen LogP contribution in [0.2, 0.25) is 0 Å². The second kappa shape index (κ2) is 9.81. The summed E-state index contributed by atoms with van der Waals surface area (Å²) in [6, 6.07) is 8.00. The first-order chi connectivity index (χ1) is 18.7. The van der Waals surface area contributed by atoms with Crippen LogP contribution >= 0.6 is 22.6 Å². The van der Waals surface area contributed by atoms with Crippen LogP contribution in [0.4, 0.5) is 11.5 Å². The highest BCUT2D eigenvalue weighted by atomic mass is 127. The summed E-state index contributed by atoms with van der Waals surface area (Å²) in [7, 11) is 1.85. The number of pyridine rings is 1. The minimum Gasteiger partial charge on any atom is -0.481 e. The highest BCUT2D eigenvalue weighted by Crippen LogP contribution is 2.60. The molecule has 3 aliphatic rings. The molecule has 9 heteroatoms. The third-order valence-electron chi connectivity index (χ3n) is 8.50. The number of aromatic nitrogens is 3. The molecular formula is C30H31IN4O4. The summed E-state index contributed by atoms with van der Waals surface area (Å²) in [5.41, 5.74) is 4.29. The summed E-state index contributed by atoms with van der Waals surface area (Å²) in [5.74, 6) is 5.47. The number of carbonyl (C=O) groups is 2. The van der Waals surface area contributed by atoms with Gasteiger partial charge in [-0.3, -0.25) is 19.2 Å². The number of rotatable bonds is 6. The maximum Gasteiger partial charge on any atom is 0.308 e. The van der Waals surface area contributed by atoms with Gasteiger partial charge in [-0.15, -0.1) is 5.10 Å². The van der Waals surface area contributed by atoms with Gasteiger partial charge in [-0.05, 0) is 134 Å². The molecule has 6 rings (SSSR count). The number of fused-ring (bicyclic) bond motifs is 1. The van der Waals surface area contributed by atoms with Gasteiger partial charge in [0.15, 0.2) is 5.52 Å². The summed E-state index contributed by atoms with van der Waals surface area (Å²) in [4.78, 5) is 31.8. The molecule has 1 amide bonds. The van der Waals surface area contributed by atoms with Gasteiger partial charge in [0.05, 0.1) is 17.1 Å². The summed E-state index contributed by atoms with van der Waals surface area (Å²) in [6.45, 7) is 3.71. The third-order valence-corrected chi connectivity index (χ3v) is 9.66. The SMILES string of the molecule is CC#CC(=O)N(c1ccc2c(n1)c(O[C@@H]1CC[C@@H](C(=O)O)C3(CC3)C1)nn2C)c1cc(C)c(I)cc1C1CC1. The zero-order valence-electron chi connectivity index (χ0n) is 22.3. The van der Waals surface area contributed by atoms with E-state index in [0.29, 0.717) is 42.4 Å². The van der Waals surface area contributed by atoms with Crippen LogP contribution in [-0.2, 0) is 16.6 Å².